The van der Waals surface area contributed by atoms with Crippen molar-refractivity contribution in [3.63, 3.8) is 0 Å². The second kappa shape index (κ2) is 9.41. The zero-order valence-corrected chi connectivity index (χ0v) is 13.9. The Balaban J connectivity index is 1.73. The molecule has 5 nitrogen and oxygen atoms in total. The van der Waals surface area contributed by atoms with Crippen LogP contribution < -0.4 is 5.32 Å². The summed E-state index contributed by atoms with van der Waals surface area (Å²) in [4.78, 5) is 0. The van der Waals surface area contributed by atoms with Gasteiger partial charge in [-0.3, -0.25) is 0 Å². The van der Waals surface area contributed by atoms with Crippen LogP contribution in [-0.4, -0.2) is 20.2 Å². The minimum absolute atomic E-state index is 0.689. The largest absolute Gasteiger partial charge is 0.349 e. The van der Waals surface area contributed by atoms with E-state index in [-0.39, 0.29) is 0 Å². The van der Waals surface area contributed by atoms with Crippen LogP contribution in [-0.2, 0) is 13.1 Å². The van der Waals surface area contributed by atoms with Gasteiger partial charge in [0.1, 0.15) is 0 Å². The quantitative estimate of drug-likeness (QED) is 0.663. The van der Waals surface area contributed by atoms with Crippen LogP contribution in [0.5, 0.6) is 0 Å². The topological polar surface area (TPSA) is 55.6 Å². The first-order chi connectivity index (χ1) is 10.8. The highest BCUT2D eigenvalue weighted by Gasteiger charge is 2.05. The van der Waals surface area contributed by atoms with E-state index >= 15 is 0 Å². The summed E-state index contributed by atoms with van der Waals surface area (Å²) in [5, 5.41) is 15.9. The van der Waals surface area contributed by atoms with E-state index in [1.807, 2.05) is 28.9 Å². The summed E-state index contributed by atoms with van der Waals surface area (Å²) >= 11 is 5.88. The normalized spacial score (nSPS) is 10.8. The van der Waals surface area contributed by atoms with Gasteiger partial charge in [0, 0.05) is 18.1 Å². The van der Waals surface area contributed by atoms with E-state index in [4.69, 9.17) is 11.6 Å². The van der Waals surface area contributed by atoms with Crippen molar-refractivity contribution in [3.05, 3.63) is 34.9 Å². The molecule has 1 aromatic heterocycles. The van der Waals surface area contributed by atoms with Gasteiger partial charge in [-0.25, -0.2) is 4.68 Å². The van der Waals surface area contributed by atoms with E-state index < -0.39 is 0 Å². The van der Waals surface area contributed by atoms with Crippen LogP contribution in [0.1, 0.15) is 51.0 Å². The van der Waals surface area contributed by atoms with E-state index in [1.54, 1.807) is 0 Å². The monoisotopic (exact) mass is 321 g/mol. The molecule has 0 atom stereocenters. The number of aryl methyl sites for hydroxylation is 1. The number of benzene rings is 1. The standard InChI is InChI=1S/C16H24ClN5/c1-2-3-4-5-6-7-12-22-16(19-20-21-22)18-13-14-8-10-15(17)11-9-14/h8-11H,2-7,12-13H2,1H3,(H,18,19,21). The molecule has 0 aliphatic rings. The molecule has 0 saturated heterocycles. The fourth-order valence-electron chi connectivity index (χ4n) is 2.31. The minimum Gasteiger partial charge on any atom is -0.349 e. The van der Waals surface area contributed by atoms with E-state index in [2.05, 4.69) is 27.8 Å². The number of tetrazole rings is 1. The van der Waals surface area contributed by atoms with E-state index in [0.29, 0.717) is 6.54 Å². The molecule has 1 N–H and O–H groups in total. The van der Waals surface area contributed by atoms with Crippen molar-refractivity contribution >= 4 is 17.5 Å². The van der Waals surface area contributed by atoms with E-state index in [0.717, 1.165) is 29.5 Å². The highest BCUT2D eigenvalue weighted by Crippen LogP contribution is 2.12. The Bertz CT molecular complexity index is 538. The number of rotatable bonds is 10. The summed E-state index contributed by atoms with van der Waals surface area (Å²) in [6.45, 7) is 3.79. The lowest BCUT2D eigenvalue weighted by molar-refractivity contribution is 0.519. The molecule has 0 fully saturated rings. The van der Waals surface area contributed by atoms with Crippen LogP contribution in [0.3, 0.4) is 0 Å². The first kappa shape index (κ1) is 16.7. The van der Waals surface area contributed by atoms with Crippen LogP contribution in [0, 0.1) is 0 Å². The Morgan fingerprint density at radius 1 is 1.05 bits per heavy atom. The molecule has 1 aromatic carbocycles. The molecule has 6 heteroatoms. The number of halogens is 1. The SMILES string of the molecule is CCCCCCCCn1nnnc1NCc1ccc(Cl)cc1. The summed E-state index contributed by atoms with van der Waals surface area (Å²) in [6.07, 6.45) is 7.59. The molecule has 1 heterocycles. The van der Waals surface area contributed by atoms with Crippen LogP contribution in [0.15, 0.2) is 24.3 Å². The average molecular weight is 322 g/mol. The molecular formula is C16H24ClN5. The predicted octanol–water partition coefficient (Wildman–Crippen LogP) is 4.30. The van der Waals surface area contributed by atoms with Crippen LogP contribution in [0.4, 0.5) is 5.95 Å². The Hall–Kier alpha value is -1.62. The molecular weight excluding hydrogens is 298 g/mol. The highest BCUT2D eigenvalue weighted by atomic mass is 35.5. The van der Waals surface area contributed by atoms with Gasteiger partial charge in [0.2, 0.25) is 5.95 Å². The number of anilines is 1. The zero-order chi connectivity index (χ0) is 15.6. The fraction of sp³-hybridized carbons (Fsp3) is 0.562. The molecule has 0 radical (unpaired) electrons. The van der Waals surface area contributed by atoms with Crippen LogP contribution in [0.2, 0.25) is 5.02 Å². The van der Waals surface area contributed by atoms with Gasteiger partial charge in [-0.15, -0.1) is 0 Å². The number of nitrogens with zero attached hydrogens (tertiary/aromatic N) is 4. The summed E-state index contributed by atoms with van der Waals surface area (Å²) in [7, 11) is 0. The maximum Gasteiger partial charge on any atom is 0.243 e. The Kier molecular flexibility index (Phi) is 7.16. The fourth-order valence-corrected chi connectivity index (χ4v) is 2.43. The van der Waals surface area contributed by atoms with Gasteiger partial charge >= 0.3 is 0 Å². The Labute approximate surface area is 137 Å². The van der Waals surface area contributed by atoms with Crippen molar-refractivity contribution in [2.24, 2.45) is 0 Å². The second-order valence-electron chi connectivity index (χ2n) is 5.47. The van der Waals surface area contributed by atoms with Crippen molar-refractivity contribution in [1.82, 2.24) is 20.2 Å². The van der Waals surface area contributed by atoms with Gasteiger partial charge in [-0.05, 0) is 34.5 Å². The van der Waals surface area contributed by atoms with Crippen LogP contribution in [0.25, 0.3) is 0 Å². The molecule has 0 spiro atoms. The molecule has 120 valence electrons. The molecule has 2 aromatic rings. The van der Waals surface area contributed by atoms with Gasteiger partial charge in [0.25, 0.3) is 0 Å². The highest BCUT2D eigenvalue weighted by molar-refractivity contribution is 6.30. The molecule has 0 aliphatic carbocycles. The van der Waals surface area contributed by atoms with E-state index in [1.165, 1.54) is 32.1 Å². The third-order valence-electron chi connectivity index (χ3n) is 3.62. The van der Waals surface area contributed by atoms with Crippen molar-refractivity contribution in [1.29, 1.82) is 0 Å². The summed E-state index contributed by atoms with van der Waals surface area (Å²) < 4.78 is 1.84. The molecule has 2 rings (SSSR count). The lowest BCUT2D eigenvalue weighted by Gasteiger charge is -2.07. The van der Waals surface area contributed by atoms with Gasteiger partial charge in [-0.1, -0.05) is 67.9 Å². The number of unbranched alkanes of at least 4 members (excludes halogenated alkanes) is 5. The molecule has 0 bridgehead atoms. The van der Waals surface area contributed by atoms with Crippen molar-refractivity contribution < 1.29 is 0 Å². The van der Waals surface area contributed by atoms with Gasteiger partial charge in [0.15, 0.2) is 0 Å². The summed E-state index contributed by atoms with van der Waals surface area (Å²) in [6, 6.07) is 7.77. The molecule has 22 heavy (non-hydrogen) atoms. The third kappa shape index (κ3) is 5.64. The maximum atomic E-state index is 5.88. The summed E-state index contributed by atoms with van der Waals surface area (Å²) in [5.74, 6) is 0.725. The smallest absolute Gasteiger partial charge is 0.243 e. The van der Waals surface area contributed by atoms with Crippen LogP contribution >= 0.6 is 11.6 Å². The molecule has 0 aliphatic heterocycles. The average Bonchev–Trinajstić information content (AvgIpc) is 2.98. The second-order valence-corrected chi connectivity index (χ2v) is 5.91. The van der Waals surface area contributed by atoms with Crippen molar-refractivity contribution in [3.8, 4) is 0 Å². The van der Waals surface area contributed by atoms with Gasteiger partial charge in [0.05, 0.1) is 0 Å². The maximum absolute atomic E-state index is 5.88. The van der Waals surface area contributed by atoms with Gasteiger partial charge < -0.3 is 5.32 Å². The van der Waals surface area contributed by atoms with Gasteiger partial charge in [-0.2, -0.15) is 0 Å². The first-order valence-electron chi connectivity index (χ1n) is 8.04. The number of hydrogen-bond donors (Lipinski definition) is 1. The number of hydrogen-bond acceptors (Lipinski definition) is 4. The molecule has 0 saturated carbocycles. The zero-order valence-electron chi connectivity index (χ0n) is 13.1. The van der Waals surface area contributed by atoms with Crippen molar-refractivity contribution in [2.75, 3.05) is 5.32 Å². The lowest BCUT2D eigenvalue weighted by Crippen LogP contribution is -2.09. The predicted molar refractivity (Wildman–Crippen MR) is 90.0 cm³/mol. The first-order valence-corrected chi connectivity index (χ1v) is 8.42. The lowest BCUT2D eigenvalue weighted by atomic mass is 10.1. The molecule has 0 amide bonds. The Morgan fingerprint density at radius 3 is 2.55 bits per heavy atom. The van der Waals surface area contributed by atoms with Crippen molar-refractivity contribution in [2.45, 2.75) is 58.5 Å². The van der Waals surface area contributed by atoms with E-state index in [9.17, 15) is 0 Å². The summed E-state index contributed by atoms with van der Waals surface area (Å²) in [5.41, 5.74) is 1.15. The Morgan fingerprint density at radius 2 is 1.77 bits per heavy atom. The number of aromatic nitrogens is 4. The third-order valence-corrected chi connectivity index (χ3v) is 3.87. The minimum atomic E-state index is 0.689. The molecule has 0 unspecified atom stereocenters. The number of nitrogens with one attached hydrogen (secondary N) is 1.